The number of carbonyl (C=O) groups excluding carboxylic acids is 1. The number of nitrogens with zero attached hydrogens (tertiary/aromatic N) is 3. The summed E-state index contributed by atoms with van der Waals surface area (Å²) in [7, 11) is 0. The van der Waals surface area contributed by atoms with E-state index in [1.165, 1.54) is 18.5 Å². The molecular formula is C14H12FN3O. The highest BCUT2D eigenvalue weighted by atomic mass is 19.1. The second-order valence-corrected chi connectivity index (χ2v) is 4.55. The molecule has 2 aromatic rings. The Balaban J connectivity index is 1.68. The van der Waals surface area contributed by atoms with E-state index in [9.17, 15) is 9.18 Å². The predicted molar refractivity (Wildman–Crippen MR) is 66.4 cm³/mol. The summed E-state index contributed by atoms with van der Waals surface area (Å²) in [5.41, 5.74) is 2.71. The van der Waals surface area contributed by atoms with Crippen molar-refractivity contribution in [2.45, 2.75) is 19.5 Å². The van der Waals surface area contributed by atoms with Crippen molar-refractivity contribution in [1.82, 2.24) is 14.9 Å². The van der Waals surface area contributed by atoms with Crippen LogP contribution in [0.5, 0.6) is 0 Å². The van der Waals surface area contributed by atoms with Crippen LogP contribution < -0.4 is 0 Å². The maximum atomic E-state index is 12.8. The lowest BCUT2D eigenvalue weighted by Crippen LogP contribution is -2.26. The Morgan fingerprint density at radius 1 is 1.26 bits per heavy atom. The quantitative estimate of drug-likeness (QED) is 0.822. The molecule has 0 saturated heterocycles. The molecule has 0 aliphatic carbocycles. The molecule has 96 valence electrons. The first-order chi connectivity index (χ1) is 9.22. The lowest BCUT2D eigenvalue weighted by atomic mass is 10.1. The van der Waals surface area contributed by atoms with Gasteiger partial charge in [-0.3, -0.25) is 4.79 Å². The molecule has 0 spiro atoms. The van der Waals surface area contributed by atoms with Crippen molar-refractivity contribution in [3.63, 3.8) is 0 Å². The maximum absolute atomic E-state index is 12.8. The van der Waals surface area contributed by atoms with E-state index in [2.05, 4.69) is 9.97 Å². The number of fused-ring (bicyclic) bond motifs is 1. The van der Waals surface area contributed by atoms with Gasteiger partial charge in [-0.15, -0.1) is 0 Å². The summed E-state index contributed by atoms with van der Waals surface area (Å²) in [5, 5.41) is 0. The lowest BCUT2D eigenvalue weighted by molar-refractivity contribution is -0.131. The summed E-state index contributed by atoms with van der Waals surface area (Å²) in [4.78, 5) is 22.0. The van der Waals surface area contributed by atoms with Gasteiger partial charge in [0.15, 0.2) is 0 Å². The van der Waals surface area contributed by atoms with Gasteiger partial charge in [-0.05, 0) is 17.7 Å². The third kappa shape index (κ3) is 2.45. The first-order valence-corrected chi connectivity index (χ1v) is 6.02. The number of hydrogen-bond acceptors (Lipinski definition) is 3. The Morgan fingerprint density at radius 3 is 2.79 bits per heavy atom. The van der Waals surface area contributed by atoms with Gasteiger partial charge >= 0.3 is 0 Å². The normalized spacial score (nSPS) is 13.4. The molecule has 1 aliphatic heterocycles. The van der Waals surface area contributed by atoms with Crippen molar-refractivity contribution in [3.8, 4) is 0 Å². The number of benzene rings is 1. The molecule has 0 N–H and O–H groups in total. The van der Waals surface area contributed by atoms with Crippen molar-refractivity contribution in [2.75, 3.05) is 0 Å². The Bertz CT molecular complexity index is 587. The van der Waals surface area contributed by atoms with Crippen molar-refractivity contribution in [3.05, 3.63) is 59.4 Å². The second-order valence-electron chi connectivity index (χ2n) is 4.55. The first kappa shape index (κ1) is 11.8. The molecule has 1 amide bonds. The fraction of sp³-hybridized carbons (Fsp3) is 0.214. The SMILES string of the molecule is O=C(Cc1ccc(F)cc1)N1Cc2cncnc2C1. The molecule has 0 atom stereocenters. The van der Waals surface area contributed by atoms with Gasteiger partial charge < -0.3 is 4.90 Å². The van der Waals surface area contributed by atoms with Crippen LogP contribution in [0, 0.1) is 5.82 Å². The number of aromatic nitrogens is 2. The van der Waals surface area contributed by atoms with E-state index in [1.807, 2.05) is 0 Å². The van der Waals surface area contributed by atoms with Crippen molar-refractivity contribution in [1.29, 1.82) is 0 Å². The highest BCUT2D eigenvalue weighted by Crippen LogP contribution is 2.20. The first-order valence-electron chi connectivity index (χ1n) is 6.02. The fourth-order valence-electron chi connectivity index (χ4n) is 2.17. The topological polar surface area (TPSA) is 46.1 Å². The van der Waals surface area contributed by atoms with Gasteiger partial charge in [0, 0.05) is 18.3 Å². The average molecular weight is 257 g/mol. The molecule has 0 radical (unpaired) electrons. The molecule has 4 nitrogen and oxygen atoms in total. The van der Waals surface area contributed by atoms with Gasteiger partial charge in [0.2, 0.25) is 5.91 Å². The molecular weight excluding hydrogens is 245 g/mol. The van der Waals surface area contributed by atoms with Crippen molar-refractivity contribution >= 4 is 5.91 Å². The molecule has 19 heavy (non-hydrogen) atoms. The van der Waals surface area contributed by atoms with Gasteiger partial charge in [0.25, 0.3) is 0 Å². The van der Waals surface area contributed by atoms with Crippen LogP contribution in [-0.4, -0.2) is 20.8 Å². The van der Waals surface area contributed by atoms with E-state index in [4.69, 9.17) is 0 Å². The summed E-state index contributed by atoms with van der Waals surface area (Å²) in [6.07, 6.45) is 3.52. The number of carbonyl (C=O) groups is 1. The number of hydrogen-bond donors (Lipinski definition) is 0. The largest absolute Gasteiger partial charge is 0.332 e. The second kappa shape index (κ2) is 4.76. The minimum atomic E-state index is -0.292. The highest BCUT2D eigenvalue weighted by molar-refractivity contribution is 5.79. The molecule has 1 aliphatic rings. The van der Waals surface area contributed by atoms with Crippen molar-refractivity contribution in [2.24, 2.45) is 0 Å². The van der Waals surface area contributed by atoms with Gasteiger partial charge in [-0.1, -0.05) is 12.1 Å². The van der Waals surface area contributed by atoms with E-state index >= 15 is 0 Å². The van der Waals surface area contributed by atoms with Gasteiger partial charge in [0.1, 0.15) is 12.1 Å². The van der Waals surface area contributed by atoms with E-state index in [0.29, 0.717) is 13.1 Å². The Hall–Kier alpha value is -2.30. The van der Waals surface area contributed by atoms with Crippen LogP contribution in [0.3, 0.4) is 0 Å². The summed E-state index contributed by atoms with van der Waals surface area (Å²) in [6, 6.07) is 6.01. The summed E-state index contributed by atoms with van der Waals surface area (Å²) >= 11 is 0. The Morgan fingerprint density at radius 2 is 2.05 bits per heavy atom. The molecule has 1 aromatic carbocycles. The molecule has 0 saturated carbocycles. The van der Waals surface area contributed by atoms with E-state index in [0.717, 1.165) is 16.8 Å². The zero-order valence-corrected chi connectivity index (χ0v) is 10.2. The molecule has 1 aromatic heterocycles. The summed E-state index contributed by atoms with van der Waals surface area (Å²) in [6.45, 7) is 1.08. The zero-order chi connectivity index (χ0) is 13.2. The molecule has 0 fully saturated rings. The van der Waals surface area contributed by atoms with Crippen LogP contribution in [0.25, 0.3) is 0 Å². The van der Waals surface area contributed by atoms with E-state index < -0.39 is 0 Å². The van der Waals surface area contributed by atoms with Gasteiger partial charge in [-0.25, -0.2) is 14.4 Å². The summed E-state index contributed by atoms with van der Waals surface area (Å²) in [5.74, 6) is -0.273. The number of amides is 1. The van der Waals surface area contributed by atoms with E-state index in [1.54, 1.807) is 23.2 Å². The molecule has 0 bridgehead atoms. The molecule has 0 unspecified atom stereocenters. The highest BCUT2D eigenvalue weighted by Gasteiger charge is 2.24. The molecule has 2 heterocycles. The standard InChI is InChI=1S/C14H12FN3O/c15-12-3-1-10(2-4-12)5-14(19)18-7-11-6-16-9-17-13(11)8-18/h1-4,6,9H,5,7-8H2. The lowest BCUT2D eigenvalue weighted by Gasteiger charge is -2.14. The Labute approximate surface area is 109 Å². The van der Waals surface area contributed by atoms with Crippen LogP contribution in [0.2, 0.25) is 0 Å². The van der Waals surface area contributed by atoms with Crippen LogP contribution in [0.15, 0.2) is 36.8 Å². The van der Waals surface area contributed by atoms with Crippen LogP contribution >= 0.6 is 0 Å². The average Bonchev–Trinajstić information content (AvgIpc) is 2.85. The van der Waals surface area contributed by atoms with E-state index in [-0.39, 0.29) is 18.1 Å². The minimum absolute atomic E-state index is 0.0182. The number of halogens is 1. The van der Waals surface area contributed by atoms with Crippen LogP contribution in [0.4, 0.5) is 4.39 Å². The van der Waals surface area contributed by atoms with Gasteiger partial charge in [0.05, 0.1) is 18.7 Å². The van der Waals surface area contributed by atoms with Crippen LogP contribution in [-0.2, 0) is 24.3 Å². The Kier molecular flexibility index (Phi) is 2.95. The maximum Gasteiger partial charge on any atom is 0.227 e. The third-order valence-corrected chi connectivity index (χ3v) is 3.20. The predicted octanol–water partition coefficient (Wildman–Crippen LogP) is 1.70. The minimum Gasteiger partial charge on any atom is -0.332 e. The smallest absolute Gasteiger partial charge is 0.227 e. The summed E-state index contributed by atoms with van der Waals surface area (Å²) < 4.78 is 12.8. The zero-order valence-electron chi connectivity index (χ0n) is 10.2. The van der Waals surface area contributed by atoms with Crippen molar-refractivity contribution < 1.29 is 9.18 Å². The van der Waals surface area contributed by atoms with Gasteiger partial charge in [-0.2, -0.15) is 0 Å². The number of rotatable bonds is 2. The molecule has 5 heteroatoms. The molecule has 3 rings (SSSR count). The van der Waals surface area contributed by atoms with Crippen LogP contribution in [0.1, 0.15) is 16.8 Å². The fourth-order valence-corrected chi connectivity index (χ4v) is 2.17. The monoisotopic (exact) mass is 257 g/mol. The third-order valence-electron chi connectivity index (χ3n) is 3.20.